The second-order valence-corrected chi connectivity index (χ2v) is 6.49. The third-order valence-electron chi connectivity index (χ3n) is 3.96. The van der Waals surface area contributed by atoms with E-state index in [0.717, 1.165) is 24.7 Å². The molecule has 3 rings (SSSR count). The number of rotatable bonds is 6. The van der Waals surface area contributed by atoms with Crippen molar-refractivity contribution in [2.24, 2.45) is 0 Å². The number of nitrogens with two attached hydrogens (primary N) is 1. The lowest BCUT2D eigenvalue weighted by molar-refractivity contribution is -0.122. The number of anilines is 1. The molecule has 0 radical (unpaired) electrons. The molecule has 2 aromatic rings. The molecule has 0 unspecified atom stereocenters. The zero-order valence-electron chi connectivity index (χ0n) is 13.8. The first-order valence-corrected chi connectivity index (χ1v) is 8.52. The zero-order chi connectivity index (χ0) is 17.6. The molecule has 0 spiro atoms. The van der Waals surface area contributed by atoms with E-state index in [1.165, 1.54) is 5.56 Å². The van der Waals surface area contributed by atoms with Gasteiger partial charge in [-0.3, -0.25) is 9.69 Å². The predicted molar refractivity (Wildman–Crippen MR) is 94.1 cm³/mol. The van der Waals surface area contributed by atoms with E-state index in [0.29, 0.717) is 18.9 Å². The molecule has 1 aliphatic rings. The number of benzene rings is 1. The lowest BCUT2D eigenvalue weighted by atomic mass is 10.2. The smallest absolute Gasteiger partial charge is 0.227 e. The number of hydrogen-bond donors (Lipinski definition) is 2. The van der Waals surface area contributed by atoms with Crippen molar-refractivity contribution in [2.75, 3.05) is 32.0 Å². The van der Waals surface area contributed by atoms with Gasteiger partial charge in [-0.15, -0.1) is 0 Å². The van der Waals surface area contributed by atoms with Crippen LogP contribution in [0.3, 0.4) is 0 Å². The van der Waals surface area contributed by atoms with Gasteiger partial charge in [0.25, 0.3) is 0 Å². The van der Waals surface area contributed by atoms with Crippen molar-refractivity contribution in [1.82, 2.24) is 15.4 Å². The molecule has 1 aromatic heterocycles. The van der Waals surface area contributed by atoms with Gasteiger partial charge in [0.15, 0.2) is 5.82 Å². The largest absolute Gasteiger partial charge is 0.381 e. The highest BCUT2D eigenvalue weighted by molar-refractivity contribution is 6.30. The third kappa shape index (κ3) is 5.45. The Morgan fingerprint density at radius 2 is 2.32 bits per heavy atom. The molecule has 7 nitrogen and oxygen atoms in total. The Bertz CT molecular complexity index is 721. The third-order valence-corrected chi connectivity index (χ3v) is 4.19. The van der Waals surface area contributed by atoms with Crippen molar-refractivity contribution in [3.63, 3.8) is 0 Å². The summed E-state index contributed by atoms with van der Waals surface area (Å²) in [5, 5.41) is 7.16. The molecule has 1 saturated heterocycles. The molecule has 0 aliphatic carbocycles. The van der Waals surface area contributed by atoms with Crippen LogP contribution >= 0.6 is 11.6 Å². The Labute approximate surface area is 151 Å². The number of nitrogens with zero attached hydrogens (tertiary/aromatic N) is 2. The molecule has 0 saturated carbocycles. The number of carbonyl (C=O) groups excluding carboxylic acids is 1. The van der Waals surface area contributed by atoms with E-state index in [1.54, 1.807) is 6.07 Å². The minimum absolute atomic E-state index is 0.0447. The second kappa shape index (κ2) is 8.33. The number of aromatic nitrogens is 1. The van der Waals surface area contributed by atoms with Crippen molar-refractivity contribution >= 4 is 23.3 Å². The van der Waals surface area contributed by atoms with Gasteiger partial charge in [-0.1, -0.05) is 28.9 Å². The SMILES string of the molecule is Nc1cc(CC(=O)NC[C@H]2CN(Cc3cccc(Cl)c3)CCO2)on1. The molecule has 3 N–H and O–H groups in total. The van der Waals surface area contributed by atoms with Crippen LogP contribution in [-0.4, -0.2) is 48.3 Å². The average Bonchev–Trinajstić information content (AvgIpc) is 2.98. The van der Waals surface area contributed by atoms with Gasteiger partial charge in [-0.2, -0.15) is 0 Å². The van der Waals surface area contributed by atoms with Gasteiger partial charge in [0.2, 0.25) is 5.91 Å². The first-order chi connectivity index (χ1) is 12.1. The maximum Gasteiger partial charge on any atom is 0.227 e. The van der Waals surface area contributed by atoms with Crippen LogP contribution in [0.5, 0.6) is 0 Å². The van der Waals surface area contributed by atoms with Gasteiger partial charge in [-0.25, -0.2) is 0 Å². The van der Waals surface area contributed by atoms with Gasteiger partial charge in [0.05, 0.1) is 19.1 Å². The first-order valence-electron chi connectivity index (χ1n) is 8.14. The topological polar surface area (TPSA) is 93.6 Å². The quantitative estimate of drug-likeness (QED) is 0.806. The van der Waals surface area contributed by atoms with Crippen molar-refractivity contribution < 1.29 is 14.1 Å². The van der Waals surface area contributed by atoms with E-state index in [-0.39, 0.29) is 24.2 Å². The monoisotopic (exact) mass is 364 g/mol. The van der Waals surface area contributed by atoms with Gasteiger partial charge in [-0.05, 0) is 17.7 Å². The van der Waals surface area contributed by atoms with E-state index in [2.05, 4.69) is 21.4 Å². The summed E-state index contributed by atoms with van der Waals surface area (Å²) < 4.78 is 10.7. The number of morpholine rings is 1. The summed E-state index contributed by atoms with van der Waals surface area (Å²) in [6.07, 6.45) is 0.0695. The van der Waals surface area contributed by atoms with Crippen LogP contribution in [0.2, 0.25) is 5.02 Å². The number of amides is 1. The van der Waals surface area contributed by atoms with E-state index < -0.39 is 0 Å². The van der Waals surface area contributed by atoms with Crippen LogP contribution in [0.1, 0.15) is 11.3 Å². The first kappa shape index (κ1) is 17.7. The summed E-state index contributed by atoms with van der Waals surface area (Å²) in [5.74, 6) is 0.573. The van der Waals surface area contributed by atoms with Crippen molar-refractivity contribution in [3.05, 3.63) is 46.7 Å². The summed E-state index contributed by atoms with van der Waals surface area (Å²) in [5.41, 5.74) is 6.63. The number of ether oxygens (including phenoxy) is 1. The highest BCUT2D eigenvalue weighted by Crippen LogP contribution is 2.14. The number of nitrogen functional groups attached to an aromatic ring is 1. The fourth-order valence-corrected chi connectivity index (χ4v) is 3.01. The molecular weight excluding hydrogens is 344 g/mol. The Hall–Kier alpha value is -2.09. The fraction of sp³-hybridized carbons (Fsp3) is 0.412. The summed E-state index contributed by atoms with van der Waals surface area (Å²) in [7, 11) is 0. The van der Waals surface area contributed by atoms with Crippen LogP contribution in [0, 0.1) is 0 Å². The van der Waals surface area contributed by atoms with Crippen molar-refractivity contribution in [1.29, 1.82) is 0 Å². The summed E-state index contributed by atoms with van der Waals surface area (Å²) >= 11 is 6.03. The molecule has 0 bridgehead atoms. The van der Waals surface area contributed by atoms with E-state index in [4.69, 9.17) is 26.6 Å². The molecule has 1 aromatic carbocycles. The minimum Gasteiger partial charge on any atom is -0.381 e. The summed E-state index contributed by atoms with van der Waals surface area (Å²) in [6.45, 7) is 3.51. The highest BCUT2D eigenvalue weighted by atomic mass is 35.5. The number of hydrogen-bond acceptors (Lipinski definition) is 6. The maximum atomic E-state index is 12.0. The molecule has 1 aliphatic heterocycles. The molecule has 8 heteroatoms. The number of halogens is 1. The van der Waals surface area contributed by atoms with Gasteiger partial charge >= 0.3 is 0 Å². The van der Waals surface area contributed by atoms with Crippen LogP contribution in [0.25, 0.3) is 0 Å². The minimum atomic E-state index is -0.147. The second-order valence-electron chi connectivity index (χ2n) is 6.06. The summed E-state index contributed by atoms with van der Waals surface area (Å²) in [6, 6.07) is 9.39. The van der Waals surface area contributed by atoms with E-state index in [9.17, 15) is 4.79 Å². The highest BCUT2D eigenvalue weighted by Gasteiger charge is 2.21. The Morgan fingerprint density at radius 1 is 1.44 bits per heavy atom. The Balaban J connectivity index is 1.44. The normalized spacial score (nSPS) is 18.2. The van der Waals surface area contributed by atoms with Crippen LogP contribution in [0.4, 0.5) is 5.82 Å². The van der Waals surface area contributed by atoms with Gasteiger partial charge in [0, 0.05) is 37.3 Å². The summed E-state index contributed by atoms with van der Waals surface area (Å²) in [4.78, 5) is 14.2. The Morgan fingerprint density at radius 3 is 3.08 bits per heavy atom. The van der Waals surface area contributed by atoms with Crippen LogP contribution in [0.15, 0.2) is 34.9 Å². The Kier molecular flexibility index (Phi) is 5.91. The fourth-order valence-electron chi connectivity index (χ4n) is 2.80. The zero-order valence-corrected chi connectivity index (χ0v) is 14.5. The average molecular weight is 365 g/mol. The van der Waals surface area contributed by atoms with Crippen molar-refractivity contribution in [3.8, 4) is 0 Å². The lowest BCUT2D eigenvalue weighted by Crippen LogP contribution is -2.47. The molecule has 1 fully saturated rings. The van der Waals surface area contributed by atoms with Crippen molar-refractivity contribution in [2.45, 2.75) is 19.1 Å². The molecule has 2 heterocycles. The molecule has 1 atom stereocenters. The maximum absolute atomic E-state index is 12.0. The number of carbonyl (C=O) groups is 1. The lowest BCUT2D eigenvalue weighted by Gasteiger charge is -2.33. The molecular formula is C17H21ClN4O3. The molecule has 134 valence electrons. The van der Waals surface area contributed by atoms with E-state index >= 15 is 0 Å². The number of nitrogens with one attached hydrogen (secondary N) is 1. The molecule has 25 heavy (non-hydrogen) atoms. The van der Waals surface area contributed by atoms with Gasteiger partial charge < -0.3 is 20.3 Å². The molecule has 1 amide bonds. The predicted octanol–water partition coefficient (Wildman–Crippen LogP) is 1.47. The standard InChI is InChI=1S/C17H21ClN4O3/c18-13-3-1-2-12(6-13)10-22-4-5-24-15(11-22)9-20-17(23)8-14-7-16(19)21-25-14/h1-3,6-7,15H,4-5,8-11H2,(H2,19,21)(H,20,23)/t15-/m0/s1. The van der Waals surface area contributed by atoms with Crippen LogP contribution < -0.4 is 11.1 Å². The van der Waals surface area contributed by atoms with Crippen LogP contribution in [-0.2, 0) is 22.5 Å². The van der Waals surface area contributed by atoms with Gasteiger partial charge in [0.1, 0.15) is 5.76 Å². The van der Waals surface area contributed by atoms with E-state index in [1.807, 2.05) is 18.2 Å².